The second-order valence-electron chi connectivity index (χ2n) is 6.63. The number of hydrogen-bond donors (Lipinski definition) is 1. The fourth-order valence-corrected chi connectivity index (χ4v) is 3.64. The molecule has 0 bridgehead atoms. The number of rotatable bonds is 6. The Morgan fingerprint density at radius 2 is 1.90 bits per heavy atom. The van der Waals surface area contributed by atoms with Crippen LogP contribution in [0, 0.1) is 12.8 Å². The van der Waals surface area contributed by atoms with E-state index in [1.54, 1.807) is 0 Å². The third-order valence-electron chi connectivity index (χ3n) is 4.85. The van der Waals surface area contributed by atoms with E-state index in [4.69, 9.17) is 0 Å². The fourth-order valence-electron chi connectivity index (χ4n) is 3.64. The van der Waals surface area contributed by atoms with Crippen molar-refractivity contribution >= 4 is 5.69 Å². The Hall–Kier alpha value is -1.02. The van der Waals surface area contributed by atoms with Gasteiger partial charge in [0.2, 0.25) is 0 Å². The Labute approximate surface area is 130 Å². The summed E-state index contributed by atoms with van der Waals surface area (Å²) in [7, 11) is 2.25. The molecule has 0 aromatic heterocycles. The Bertz CT molecular complexity index is 416. The monoisotopic (exact) mass is 288 g/mol. The molecule has 1 saturated carbocycles. The predicted octanol–water partition coefficient (Wildman–Crippen LogP) is 4.38. The van der Waals surface area contributed by atoms with Crippen LogP contribution >= 0.6 is 0 Å². The van der Waals surface area contributed by atoms with Crippen molar-refractivity contribution in [2.45, 2.75) is 58.4 Å². The minimum Gasteiger partial charge on any atom is -0.374 e. The topological polar surface area (TPSA) is 15.3 Å². The maximum Gasteiger partial charge on any atom is 0.0393 e. The standard InChI is InChI=1S/C19H32N2/c1-4-14-20-18-12-7-5-6-11-17(18)15-21(3)19-13-9-8-10-16(19)2/h8-10,13,17-18,20H,4-7,11-12,14-15H2,1-3H3. The van der Waals surface area contributed by atoms with Crippen LogP contribution in [0.1, 0.15) is 51.0 Å². The highest BCUT2D eigenvalue weighted by atomic mass is 15.1. The van der Waals surface area contributed by atoms with Gasteiger partial charge in [0, 0.05) is 25.3 Å². The van der Waals surface area contributed by atoms with Gasteiger partial charge in [0.15, 0.2) is 0 Å². The Kier molecular flexibility index (Phi) is 6.56. The molecule has 1 fully saturated rings. The average molecular weight is 288 g/mol. The molecular weight excluding hydrogens is 256 g/mol. The highest BCUT2D eigenvalue weighted by Crippen LogP contribution is 2.27. The molecule has 1 aromatic rings. The number of aryl methyl sites for hydroxylation is 1. The molecule has 2 atom stereocenters. The SMILES string of the molecule is CCCNC1CCCCCC1CN(C)c1ccccc1C. The van der Waals surface area contributed by atoms with E-state index in [0.29, 0.717) is 6.04 Å². The molecular formula is C19H32N2. The van der Waals surface area contributed by atoms with Crippen LogP contribution in [0.4, 0.5) is 5.69 Å². The lowest BCUT2D eigenvalue weighted by molar-refractivity contribution is 0.338. The van der Waals surface area contributed by atoms with Gasteiger partial charge in [-0.15, -0.1) is 0 Å². The molecule has 2 unspecified atom stereocenters. The van der Waals surface area contributed by atoms with Crippen LogP contribution in [0.25, 0.3) is 0 Å². The van der Waals surface area contributed by atoms with Crippen LogP contribution in [0.5, 0.6) is 0 Å². The van der Waals surface area contributed by atoms with Crippen molar-refractivity contribution in [1.82, 2.24) is 5.32 Å². The van der Waals surface area contributed by atoms with Crippen LogP contribution in [-0.4, -0.2) is 26.2 Å². The van der Waals surface area contributed by atoms with Crippen molar-refractivity contribution < 1.29 is 0 Å². The largest absolute Gasteiger partial charge is 0.374 e. The summed E-state index contributed by atoms with van der Waals surface area (Å²) in [5.74, 6) is 0.781. The zero-order chi connectivity index (χ0) is 15.1. The summed E-state index contributed by atoms with van der Waals surface area (Å²) in [5, 5.41) is 3.81. The first-order chi connectivity index (χ1) is 10.2. The van der Waals surface area contributed by atoms with Gasteiger partial charge < -0.3 is 10.2 Å². The van der Waals surface area contributed by atoms with Gasteiger partial charge in [-0.1, -0.05) is 44.4 Å². The van der Waals surface area contributed by atoms with Crippen molar-refractivity contribution in [3.05, 3.63) is 29.8 Å². The number of benzene rings is 1. The van der Waals surface area contributed by atoms with Gasteiger partial charge in [0.25, 0.3) is 0 Å². The van der Waals surface area contributed by atoms with Crippen molar-refractivity contribution in [2.75, 3.05) is 25.0 Å². The van der Waals surface area contributed by atoms with E-state index in [0.717, 1.165) is 12.5 Å². The third kappa shape index (κ3) is 4.74. The summed E-state index contributed by atoms with van der Waals surface area (Å²) in [5.41, 5.74) is 2.77. The molecule has 0 heterocycles. The fraction of sp³-hybridized carbons (Fsp3) is 0.684. The summed E-state index contributed by atoms with van der Waals surface area (Å²) >= 11 is 0. The van der Waals surface area contributed by atoms with Crippen LogP contribution in [0.3, 0.4) is 0 Å². The summed E-state index contributed by atoms with van der Waals surface area (Å²) in [6.45, 7) is 6.81. The number of para-hydroxylation sites is 1. The number of nitrogens with one attached hydrogen (secondary N) is 1. The zero-order valence-corrected chi connectivity index (χ0v) is 14.1. The van der Waals surface area contributed by atoms with Crippen LogP contribution in [0.2, 0.25) is 0 Å². The van der Waals surface area contributed by atoms with Gasteiger partial charge in [0.05, 0.1) is 0 Å². The van der Waals surface area contributed by atoms with Crippen molar-refractivity contribution in [3.8, 4) is 0 Å². The normalized spacial score (nSPS) is 22.8. The summed E-state index contributed by atoms with van der Waals surface area (Å²) in [6.07, 6.45) is 8.16. The van der Waals surface area contributed by atoms with E-state index < -0.39 is 0 Å². The molecule has 0 saturated heterocycles. The highest BCUT2D eigenvalue weighted by molar-refractivity contribution is 5.52. The molecule has 2 rings (SSSR count). The Morgan fingerprint density at radius 1 is 1.14 bits per heavy atom. The smallest absolute Gasteiger partial charge is 0.0393 e. The molecule has 2 heteroatoms. The minimum absolute atomic E-state index is 0.707. The number of nitrogens with zero attached hydrogens (tertiary/aromatic N) is 1. The lowest BCUT2D eigenvalue weighted by atomic mass is 9.93. The Balaban J connectivity index is 2.01. The van der Waals surface area contributed by atoms with Gasteiger partial charge in [0.1, 0.15) is 0 Å². The summed E-state index contributed by atoms with van der Waals surface area (Å²) < 4.78 is 0. The third-order valence-corrected chi connectivity index (χ3v) is 4.85. The number of hydrogen-bond acceptors (Lipinski definition) is 2. The molecule has 1 aromatic carbocycles. The van der Waals surface area contributed by atoms with E-state index in [-0.39, 0.29) is 0 Å². The molecule has 0 aliphatic heterocycles. The van der Waals surface area contributed by atoms with Gasteiger partial charge in [-0.2, -0.15) is 0 Å². The minimum atomic E-state index is 0.707. The maximum absolute atomic E-state index is 3.81. The molecule has 0 spiro atoms. The Morgan fingerprint density at radius 3 is 2.67 bits per heavy atom. The molecule has 2 nitrogen and oxygen atoms in total. The zero-order valence-electron chi connectivity index (χ0n) is 14.1. The van der Waals surface area contributed by atoms with Crippen molar-refractivity contribution in [3.63, 3.8) is 0 Å². The highest BCUT2D eigenvalue weighted by Gasteiger charge is 2.24. The molecule has 21 heavy (non-hydrogen) atoms. The molecule has 1 aliphatic rings. The van der Waals surface area contributed by atoms with E-state index >= 15 is 0 Å². The first kappa shape index (κ1) is 16.4. The van der Waals surface area contributed by atoms with Gasteiger partial charge in [-0.3, -0.25) is 0 Å². The van der Waals surface area contributed by atoms with E-state index in [1.165, 1.54) is 56.3 Å². The lowest BCUT2D eigenvalue weighted by Gasteiger charge is -2.32. The van der Waals surface area contributed by atoms with Crippen LogP contribution in [-0.2, 0) is 0 Å². The summed E-state index contributed by atoms with van der Waals surface area (Å²) in [4.78, 5) is 2.46. The second-order valence-corrected chi connectivity index (χ2v) is 6.63. The second kappa shape index (κ2) is 8.43. The number of anilines is 1. The van der Waals surface area contributed by atoms with E-state index in [2.05, 4.69) is 55.4 Å². The first-order valence-corrected chi connectivity index (χ1v) is 8.72. The molecule has 118 valence electrons. The lowest BCUT2D eigenvalue weighted by Crippen LogP contribution is -2.41. The van der Waals surface area contributed by atoms with Crippen molar-refractivity contribution in [2.24, 2.45) is 5.92 Å². The quantitative estimate of drug-likeness (QED) is 0.782. The molecule has 1 N–H and O–H groups in total. The van der Waals surface area contributed by atoms with E-state index in [9.17, 15) is 0 Å². The first-order valence-electron chi connectivity index (χ1n) is 8.72. The maximum atomic E-state index is 3.81. The van der Waals surface area contributed by atoms with Gasteiger partial charge >= 0.3 is 0 Å². The average Bonchev–Trinajstić information content (AvgIpc) is 2.71. The predicted molar refractivity (Wildman–Crippen MR) is 93.1 cm³/mol. The van der Waals surface area contributed by atoms with E-state index in [1.807, 2.05) is 0 Å². The van der Waals surface area contributed by atoms with Crippen LogP contribution < -0.4 is 10.2 Å². The molecule has 0 amide bonds. The van der Waals surface area contributed by atoms with Crippen molar-refractivity contribution in [1.29, 1.82) is 0 Å². The van der Waals surface area contributed by atoms with Gasteiger partial charge in [-0.25, -0.2) is 0 Å². The molecule has 0 radical (unpaired) electrons. The van der Waals surface area contributed by atoms with Gasteiger partial charge in [-0.05, 0) is 50.3 Å². The summed E-state index contributed by atoms with van der Waals surface area (Å²) in [6, 6.07) is 9.45. The molecule has 1 aliphatic carbocycles. The van der Waals surface area contributed by atoms with Crippen LogP contribution in [0.15, 0.2) is 24.3 Å².